The Kier molecular flexibility index (Phi) is 5.04. The van der Waals surface area contributed by atoms with Gasteiger partial charge in [0, 0.05) is 19.5 Å². The standard InChI is InChI=1S/C15H27NO2/c17-14(18)8-4-3-7-11-16-12-15(13-16)9-5-1-2-6-10-15/h1-13H2,(H,17,18). The van der Waals surface area contributed by atoms with Crippen LogP contribution in [-0.2, 0) is 4.79 Å². The molecule has 0 aromatic heterocycles. The van der Waals surface area contributed by atoms with Crippen LogP contribution in [0, 0.1) is 5.41 Å². The molecular weight excluding hydrogens is 226 g/mol. The maximum absolute atomic E-state index is 10.4. The topological polar surface area (TPSA) is 40.5 Å². The molecule has 0 unspecified atom stereocenters. The summed E-state index contributed by atoms with van der Waals surface area (Å²) in [5, 5.41) is 8.56. The number of carboxylic acids is 1. The van der Waals surface area contributed by atoms with Crippen LogP contribution < -0.4 is 0 Å². The molecule has 1 spiro atoms. The van der Waals surface area contributed by atoms with Crippen molar-refractivity contribution >= 4 is 5.97 Å². The third kappa shape index (κ3) is 3.98. The molecule has 2 rings (SSSR count). The fourth-order valence-electron chi connectivity index (χ4n) is 3.64. The lowest BCUT2D eigenvalue weighted by atomic mass is 9.73. The molecule has 1 N–H and O–H groups in total. The van der Waals surface area contributed by atoms with Gasteiger partial charge in [0.2, 0.25) is 0 Å². The Morgan fingerprint density at radius 2 is 1.67 bits per heavy atom. The Labute approximate surface area is 111 Å². The normalized spacial score (nSPS) is 23.6. The maximum atomic E-state index is 10.4. The molecule has 104 valence electrons. The maximum Gasteiger partial charge on any atom is 0.303 e. The lowest BCUT2D eigenvalue weighted by molar-refractivity contribution is -0.137. The van der Waals surface area contributed by atoms with Crippen LogP contribution in [0.1, 0.15) is 64.2 Å². The number of hydrogen-bond donors (Lipinski definition) is 1. The highest BCUT2D eigenvalue weighted by molar-refractivity contribution is 5.66. The fraction of sp³-hybridized carbons (Fsp3) is 0.933. The summed E-state index contributed by atoms with van der Waals surface area (Å²) in [6.07, 6.45) is 12.1. The van der Waals surface area contributed by atoms with E-state index >= 15 is 0 Å². The van der Waals surface area contributed by atoms with Gasteiger partial charge in [0.25, 0.3) is 0 Å². The van der Waals surface area contributed by atoms with Gasteiger partial charge in [-0.1, -0.05) is 32.1 Å². The van der Waals surface area contributed by atoms with Crippen molar-refractivity contribution in [2.45, 2.75) is 64.2 Å². The predicted octanol–water partition coefficient (Wildman–Crippen LogP) is 3.29. The zero-order valence-electron chi connectivity index (χ0n) is 11.5. The molecule has 3 heteroatoms. The first-order valence-corrected chi connectivity index (χ1v) is 7.64. The molecular formula is C15H27NO2. The molecule has 0 atom stereocenters. The van der Waals surface area contributed by atoms with Gasteiger partial charge in [-0.2, -0.15) is 0 Å². The SMILES string of the molecule is O=C(O)CCCCCN1CC2(CCCCCC2)C1. The van der Waals surface area contributed by atoms with E-state index in [4.69, 9.17) is 5.11 Å². The van der Waals surface area contributed by atoms with E-state index in [1.54, 1.807) is 0 Å². The number of aliphatic carboxylic acids is 1. The number of hydrogen-bond acceptors (Lipinski definition) is 2. The lowest BCUT2D eigenvalue weighted by Gasteiger charge is -2.50. The van der Waals surface area contributed by atoms with Crippen molar-refractivity contribution in [2.75, 3.05) is 19.6 Å². The van der Waals surface area contributed by atoms with Crippen LogP contribution in [0.15, 0.2) is 0 Å². The zero-order valence-corrected chi connectivity index (χ0v) is 11.5. The molecule has 1 aliphatic carbocycles. The summed E-state index contributed by atoms with van der Waals surface area (Å²) in [5.41, 5.74) is 0.678. The second kappa shape index (κ2) is 6.55. The summed E-state index contributed by atoms with van der Waals surface area (Å²) in [5.74, 6) is -0.656. The van der Waals surface area contributed by atoms with E-state index in [1.165, 1.54) is 64.6 Å². The molecule has 0 aromatic rings. The zero-order chi connectivity index (χ0) is 12.8. The first kappa shape index (κ1) is 13.9. The molecule has 0 radical (unpaired) electrons. The Hall–Kier alpha value is -0.570. The van der Waals surface area contributed by atoms with Crippen LogP contribution in [0.2, 0.25) is 0 Å². The van der Waals surface area contributed by atoms with Crippen molar-refractivity contribution in [2.24, 2.45) is 5.41 Å². The van der Waals surface area contributed by atoms with Crippen LogP contribution in [0.5, 0.6) is 0 Å². The minimum absolute atomic E-state index is 0.337. The molecule has 18 heavy (non-hydrogen) atoms. The number of likely N-dealkylation sites (tertiary alicyclic amines) is 1. The van der Waals surface area contributed by atoms with E-state index in [0.717, 1.165) is 12.8 Å². The average Bonchev–Trinajstić information content (AvgIpc) is 2.52. The van der Waals surface area contributed by atoms with Crippen molar-refractivity contribution < 1.29 is 9.90 Å². The van der Waals surface area contributed by atoms with Gasteiger partial charge in [-0.25, -0.2) is 0 Å². The van der Waals surface area contributed by atoms with Gasteiger partial charge >= 0.3 is 5.97 Å². The average molecular weight is 253 g/mol. The monoisotopic (exact) mass is 253 g/mol. The first-order chi connectivity index (χ1) is 8.70. The molecule has 1 saturated heterocycles. The molecule has 1 saturated carbocycles. The largest absolute Gasteiger partial charge is 0.481 e. The van der Waals surface area contributed by atoms with E-state index in [0.29, 0.717) is 11.8 Å². The third-order valence-electron chi connectivity index (χ3n) is 4.65. The van der Waals surface area contributed by atoms with E-state index in [-0.39, 0.29) is 0 Å². The third-order valence-corrected chi connectivity index (χ3v) is 4.65. The van der Waals surface area contributed by atoms with Gasteiger partial charge in [-0.05, 0) is 37.6 Å². The summed E-state index contributed by atoms with van der Waals surface area (Å²) in [4.78, 5) is 13.0. The van der Waals surface area contributed by atoms with Gasteiger partial charge in [-0.15, -0.1) is 0 Å². The fourth-order valence-corrected chi connectivity index (χ4v) is 3.64. The van der Waals surface area contributed by atoms with Crippen molar-refractivity contribution in [3.63, 3.8) is 0 Å². The number of carbonyl (C=O) groups is 1. The lowest BCUT2D eigenvalue weighted by Crippen LogP contribution is -2.56. The molecule has 1 heterocycles. The highest BCUT2D eigenvalue weighted by atomic mass is 16.4. The molecule has 1 aliphatic heterocycles. The first-order valence-electron chi connectivity index (χ1n) is 7.64. The Bertz CT molecular complexity index is 262. The number of nitrogens with zero attached hydrogens (tertiary/aromatic N) is 1. The minimum atomic E-state index is -0.656. The van der Waals surface area contributed by atoms with Crippen LogP contribution >= 0.6 is 0 Å². The van der Waals surface area contributed by atoms with Crippen molar-refractivity contribution in [3.05, 3.63) is 0 Å². The second-order valence-electron chi connectivity index (χ2n) is 6.33. The van der Waals surface area contributed by atoms with Crippen molar-refractivity contribution in [1.29, 1.82) is 0 Å². The Morgan fingerprint density at radius 1 is 1.00 bits per heavy atom. The molecule has 3 nitrogen and oxygen atoms in total. The second-order valence-corrected chi connectivity index (χ2v) is 6.33. The number of unbranched alkanes of at least 4 members (excludes halogenated alkanes) is 2. The van der Waals surface area contributed by atoms with Crippen molar-refractivity contribution in [3.8, 4) is 0 Å². The summed E-state index contributed by atoms with van der Waals surface area (Å²) < 4.78 is 0. The van der Waals surface area contributed by atoms with E-state index in [2.05, 4.69) is 4.90 Å². The molecule has 2 fully saturated rings. The predicted molar refractivity (Wildman–Crippen MR) is 72.7 cm³/mol. The molecule has 0 bridgehead atoms. The van der Waals surface area contributed by atoms with Gasteiger partial charge in [0.15, 0.2) is 0 Å². The van der Waals surface area contributed by atoms with Crippen LogP contribution in [-0.4, -0.2) is 35.6 Å². The van der Waals surface area contributed by atoms with Crippen LogP contribution in [0.25, 0.3) is 0 Å². The van der Waals surface area contributed by atoms with Crippen LogP contribution in [0.3, 0.4) is 0 Å². The Balaban J connectivity index is 1.54. The van der Waals surface area contributed by atoms with Gasteiger partial charge in [0.05, 0.1) is 0 Å². The van der Waals surface area contributed by atoms with Gasteiger partial charge in [0.1, 0.15) is 0 Å². The highest BCUT2D eigenvalue weighted by Gasteiger charge is 2.41. The van der Waals surface area contributed by atoms with E-state index < -0.39 is 5.97 Å². The minimum Gasteiger partial charge on any atom is -0.481 e. The smallest absolute Gasteiger partial charge is 0.303 e. The van der Waals surface area contributed by atoms with Gasteiger partial charge < -0.3 is 10.0 Å². The number of carboxylic acid groups (broad SMARTS) is 1. The van der Waals surface area contributed by atoms with E-state index in [1.807, 2.05) is 0 Å². The summed E-state index contributed by atoms with van der Waals surface area (Å²) in [6.45, 7) is 3.80. The van der Waals surface area contributed by atoms with Crippen LogP contribution in [0.4, 0.5) is 0 Å². The molecule has 0 amide bonds. The summed E-state index contributed by atoms with van der Waals surface area (Å²) in [6, 6.07) is 0. The highest BCUT2D eigenvalue weighted by Crippen LogP contribution is 2.42. The summed E-state index contributed by atoms with van der Waals surface area (Å²) >= 11 is 0. The Morgan fingerprint density at radius 3 is 2.28 bits per heavy atom. The number of rotatable bonds is 6. The summed E-state index contributed by atoms with van der Waals surface area (Å²) in [7, 11) is 0. The van der Waals surface area contributed by atoms with Crippen molar-refractivity contribution in [1.82, 2.24) is 4.90 Å². The van der Waals surface area contributed by atoms with E-state index in [9.17, 15) is 4.79 Å². The molecule has 2 aliphatic rings. The molecule has 0 aromatic carbocycles. The van der Waals surface area contributed by atoms with Gasteiger partial charge in [-0.3, -0.25) is 4.79 Å². The quantitative estimate of drug-likeness (QED) is 0.738.